The van der Waals surface area contributed by atoms with Crippen LogP contribution in [0.15, 0.2) is 19.0 Å². The predicted molar refractivity (Wildman–Crippen MR) is 51.8 cm³/mol. The van der Waals surface area contributed by atoms with E-state index in [1.807, 2.05) is 23.2 Å². The summed E-state index contributed by atoms with van der Waals surface area (Å²) in [4.78, 5) is 0. The van der Waals surface area contributed by atoms with Gasteiger partial charge in [-0.05, 0) is 12.3 Å². The first-order chi connectivity index (χ1) is 5.72. The van der Waals surface area contributed by atoms with Crippen molar-refractivity contribution < 1.29 is 0 Å². The van der Waals surface area contributed by atoms with Crippen molar-refractivity contribution in [3.63, 3.8) is 0 Å². The molecule has 0 spiro atoms. The van der Waals surface area contributed by atoms with Gasteiger partial charge in [0.15, 0.2) is 0 Å². The minimum atomic E-state index is 0.737. The van der Waals surface area contributed by atoms with Crippen LogP contribution in [-0.2, 0) is 6.54 Å². The van der Waals surface area contributed by atoms with Gasteiger partial charge in [0.05, 0.1) is 6.20 Å². The molecule has 0 amide bonds. The summed E-state index contributed by atoms with van der Waals surface area (Å²) in [6, 6.07) is 0. The zero-order chi connectivity index (χ0) is 8.97. The lowest BCUT2D eigenvalue weighted by atomic mass is 10.1. The second-order valence-corrected chi connectivity index (χ2v) is 3.42. The maximum atomic E-state index is 4.20. The van der Waals surface area contributed by atoms with Gasteiger partial charge in [-0.3, -0.25) is 4.68 Å². The molecule has 0 aliphatic rings. The summed E-state index contributed by atoms with van der Waals surface area (Å²) in [7, 11) is 0. The monoisotopic (exact) mass is 164 g/mol. The fourth-order valence-corrected chi connectivity index (χ4v) is 0.998. The van der Waals surface area contributed by atoms with E-state index < -0.39 is 0 Å². The molecule has 2 nitrogen and oxygen atoms in total. The fraction of sp³-hybridized carbons (Fsp3) is 0.500. The van der Waals surface area contributed by atoms with Crippen LogP contribution in [0, 0.1) is 5.92 Å². The summed E-state index contributed by atoms with van der Waals surface area (Å²) in [5.41, 5.74) is 1.10. The van der Waals surface area contributed by atoms with E-state index in [1.54, 1.807) is 0 Å². The largest absolute Gasteiger partial charge is 0.272 e. The van der Waals surface area contributed by atoms with Crippen molar-refractivity contribution in [2.75, 3.05) is 0 Å². The number of hydrogen-bond acceptors (Lipinski definition) is 1. The normalized spacial score (nSPS) is 10.6. The van der Waals surface area contributed by atoms with Crippen molar-refractivity contribution in [1.82, 2.24) is 9.78 Å². The highest BCUT2D eigenvalue weighted by Crippen LogP contribution is 2.04. The van der Waals surface area contributed by atoms with E-state index in [1.165, 1.54) is 6.42 Å². The molecule has 0 N–H and O–H groups in total. The van der Waals surface area contributed by atoms with Crippen LogP contribution in [0.2, 0.25) is 0 Å². The van der Waals surface area contributed by atoms with Gasteiger partial charge in [0.25, 0.3) is 0 Å². The Morgan fingerprint density at radius 1 is 1.67 bits per heavy atom. The quantitative estimate of drug-likeness (QED) is 0.668. The second-order valence-electron chi connectivity index (χ2n) is 3.42. The number of aryl methyl sites for hydroxylation is 1. The minimum absolute atomic E-state index is 0.737. The lowest BCUT2D eigenvalue weighted by molar-refractivity contribution is 0.487. The Hall–Kier alpha value is -1.05. The highest BCUT2D eigenvalue weighted by atomic mass is 15.3. The van der Waals surface area contributed by atoms with Crippen molar-refractivity contribution in [2.24, 2.45) is 5.92 Å². The zero-order valence-corrected chi connectivity index (χ0v) is 7.83. The number of aromatic nitrogens is 2. The topological polar surface area (TPSA) is 17.8 Å². The Kier molecular flexibility index (Phi) is 3.09. The molecule has 1 rings (SSSR count). The van der Waals surface area contributed by atoms with Crippen LogP contribution < -0.4 is 0 Å². The molecule has 0 saturated heterocycles. The highest BCUT2D eigenvalue weighted by Gasteiger charge is 1.96. The molecule has 0 radical (unpaired) electrons. The summed E-state index contributed by atoms with van der Waals surface area (Å²) in [5.74, 6) is 0.737. The molecule has 0 aromatic carbocycles. The molecule has 0 bridgehead atoms. The molecule has 0 fully saturated rings. The average molecular weight is 164 g/mol. The Balaban J connectivity index is 2.47. The van der Waals surface area contributed by atoms with Gasteiger partial charge in [0.1, 0.15) is 0 Å². The highest BCUT2D eigenvalue weighted by molar-refractivity contribution is 5.43. The first-order valence-electron chi connectivity index (χ1n) is 4.37. The lowest BCUT2D eigenvalue weighted by Gasteiger charge is -2.03. The molecule has 1 aromatic rings. The van der Waals surface area contributed by atoms with E-state index in [4.69, 9.17) is 0 Å². The second kappa shape index (κ2) is 4.10. The van der Waals surface area contributed by atoms with Crippen LogP contribution in [0.5, 0.6) is 0 Å². The van der Waals surface area contributed by atoms with Gasteiger partial charge in [-0.25, -0.2) is 0 Å². The maximum absolute atomic E-state index is 4.20. The molecular weight excluding hydrogens is 148 g/mol. The number of nitrogens with zero attached hydrogens (tertiary/aromatic N) is 2. The van der Waals surface area contributed by atoms with Gasteiger partial charge in [-0.2, -0.15) is 5.10 Å². The molecule has 1 heterocycles. The Bertz CT molecular complexity index is 248. The van der Waals surface area contributed by atoms with Crippen LogP contribution in [0.25, 0.3) is 6.08 Å². The van der Waals surface area contributed by atoms with Gasteiger partial charge in [0.2, 0.25) is 0 Å². The third-order valence-electron chi connectivity index (χ3n) is 1.82. The van der Waals surface area contributed by atoms with Crippen molar-refractivity contribution >= 4 is 6.08 Å². The summed E-state index contributed by atoms with van der Waals surface area (Å²) in [6.45, 7) is 9.13. The fourth-order valence-electron chi connectivity index (χ4n) is 0.998. The van der Waals surface area contributed by atoms with Crippen LogP contribution in [-0.4, -0.2) is 9.78 Å². The minimum Gasteiger partial charge on any atom is -0.272 e. The van der Waals surface area contributed by atoms with Crippen LogP contribution in [0.4, 0.5) is 0 Å². The van der Waals surface area contributed by atoms with E-state index in [2.05, 4.69) is 25.5 Å². The molecular formula is C10H16N2. The van der Waals surface area contributed by atoms with Gasteiger partial charge >= 0.3 is 0 Å². The van der Waals surface area contributed by atoms with Gasteiger partial charge < -0.3 is 0 Å². The Morgan fingerprint density at radius 2 is 2.42 bits per heavy atom. The average Bonchev–Trinajstić information content (AvgIpc) is 2.48. The third kappa shape index (κ3) is 2.53. The van der Waals surface area contributed by atoms with Crippen LogP contribution in [0.1, 0.15) is 25.8 Å². The molecule has 12 heavy (non-hydrogen) atoms. The summed E-state index contributed by atoms with van der Waals surface area (Å²) in [5, 5.41) is 4.20. The summed E-state index contributed by atoms with van der Waals surface area (Å²) >= 11 is 0. The first-order valence-corrected chi connectivity index (χ1v) is 4.37. The first kappa shape index (κ1) is 9.04. The number of rotatable bonds is 4. The van der Waals surface area contributed by atoms with Crippen molar-refractivity contribution in [3.8, 4) is 0 Å². The van der Waals surface area contributed by atoms with E-state index in [-0.39, 0.29) is 0 Å². The molecule has 66 valence electrons. The third-order valence-corrected chi connectivity index (χ3v) is 1.82. The summed E-state index contributed by atoms with van der Waals surface area (Å²) < 4.78 is 1.97. The van der Waals surface area contributed by atoms with Gasteiger partial charge in [-0.1, -0.05) is 26.5 Å². The van der Waals surface area contributed by atoms with Crippen molar-refractivity contribution in [2.45, 2.75) is 26.8 Å². The predicted octanol–water partition coefficient (Wildman–Crippen LogP) is 2.57. The van der Waals surface area contributed by atoms with Gasteiger partial charge in [-0.15, -0.1) is 0 Å². The zero-order valence-electron chi connectivity index (χ0n) is 7.83. The molecule has 2 heteroatoms. The standard InChI is InChI=1S/C10H16N2/c1-4-10-7-11-12(8-10)6-5-9(2)3/h4,7-9H,1,5-6H2,2-3H3. The Morgan fingerprint density at radius 3 is 2.92 bits per heavy atom. The molecule has 0 atom stereocenters. The SMILES string of the molecule is C=Cc1cnn(CCC(C)C)c1. The van der Waals surface area contributed by atoms with Crippen LogP contribution >= 0.6 is 0 Å². The van der Waals surface area contributed by atoms with Gasteiger partial charge in [0, 0.05) is 18.3 Å². The summed E-state index contributed by atoms with van der Waals surface area (Å²) in [6.07, 6.45) is 6.86. The number of hydrogen-bond donors (Lipinski definition) is 0. The van der Waals surface area contributed by atoms with E-state index in [0.29, 0.717) is 0 Å². The van der Waals surface area contributed by atoms with E-state index in [0.717, 1.165) is 18.0 Å². The van der Waals surface area contributed by atoms with E-state index >= 15 is 0 Å². The maximum Gasteiger partial charge on any atom is 0.0562 e. The lowest BCUT2D eigenvalue weighted by Crippen LogP contribution is -2.01. The molecule has 0 aliphatic carbocycles. The molecule has 0 aliphatic heterocycles. The molecule has 1 aromatic heterocycles. The Labute approximate surface area is 73.9 Å². The molecule has 0 saturated carbocycles. The van der Waals surface area contributed by atoms with Crippen molar-refractivity contribution in [3.05, 3.63) is 24.5 Å². The smallest absolute Gasteiger partial charge is 0.0562 e. The van der Waals surface area contributed by atoms with E-state index in [9.17, 15) is 0 Å². The molecule has 0 unspecified atom stereocenters. The van der Waals surface area contributed by atoms with Crippen LogP contribution in [0.3, 0.4) is 0 Å². The van der Waals surface area contributed by atoms with Crippen molar-refractivity contribution in [1.29, 1.82) is 0 Å².